The van der Waals surface area contributed by atoms with Gasteiger partial charge < -0.3 is 10.6 Å². The molecule has 19 heavy (non-hydrogen) atoms. The van der Waals surface area contributed by atoms with Gasteiger partial charge in [0.2, 0.25) is 0 Å². The highest BCUT2D eigenvalue weighted by molar-refractivity contribution is 5.94. The molecule has 0 radical (unpaired) electrons. The average Bonchev–Trinajstić information content (AvgIpc) is 2.38. The van der Waals surface area contributed by atoms with Crippen LogP contribution >= 0.6 is 0 Å². The smallest absolute Gasteiger partial charge is 0.0727 e. The van der Waals surface area contributed by atoms with Gasteiger partial charge in [-0.25, -0.2) is 0 Å². The number of pyridine rings is 1. The van der Waals surface area contributed by atoms with Crippen LogP contribution < -0.4 is 10.6 Å². The van der Waals surface area contributed by atoms with E-state index < -0.39 is 0 Å². The maximum atomic E-state index is 8.84. The van der Waals surface area contributed by atoms with Crippen LogP contribution in [0.15, 0.2) is 24.3 Å². The summed E-state index contributed by atoms with van der Waals surface area (Å²) in [6.07, 6.45) is 0.488. The zero-order valence-corrected chi connectivity index (χ0v) is 11.5. The summed E-state index contributed by atoms with van der Waals surface area (Å²) in [4.78, 5) is 6.63. The van der Waals surface area contributed by atoms with Crippen molar-refractivity contribution in [3.8, 4) is 6.07 Å². The van der Waals surface area contributed by atoms with Gasteiger partial charge in [0.1, 0.15) is 0 Å². The minimum absolute atomic E-state index is 0.149. The zero-order chi connectivity index (χ0) is 14.0. The van der Waals surface area contributed by atoms with E-state index in [1.54, 1.807) is 0 Å². The monoisotopic (exact) mass is 254 g/mol. The third-order valence-corrected chi connectivity index (χ3v) is 3.37. The molecule has 0 saturated carbocycles. The quantitative estimate of drug-likeness (QED) is 0.855. The molecule has 0 aliphatic heterocycles. The molecule has 0 aliphatic rings. The molecule has 2 N–H and O–H groups in total. The molecular formula is C15H18N4. The van der Waals surface area contributed by atoms with E-state index in [1.165, 1.54) is 0 Å². The highest BCUT2D eigenvalue weighted by Gasteiger charge is 2.14. The summed E-state index contributed by atoms with van der Waals surface area (Å²) in [7, 11) is 2.00. The van der Waals surface area contributed by atoms with Crippen molar-refractivity contribution in [2.24, 2.45) is 0 Å². The summed E-state index contributed by atoms with van der Waals surface area (Å²) in [5, 5.41) is 9.86. The Bertz CT molecular complexity index is 642. The molecule has 4 nitrogen and oxygen atoms in total. The van der Waals surface area contributed by atoms with Crippen molar-refractivity contribution in [2.45, 2.75) is 26.3 Å². The molecule has 2 aromatic rings. The number of nitrogens with two attached hydrogens (primary N) is 1. The van der Waals surface area contributed by atoms with Gasteiger partial charge in [0, 0.05) is 35.5 Å². The molecule has 0 amide bonds. The second-order valence-electron chi connectivity index (χ2n) is 4.88. The van der Waals surface area contributed by atoms with E-state index in [-0.39, 0.29) is 6.04 Å². The Balaban J connectivity index is 2.58. The van der Waals surface area contributed by atoms with E-state index in [0.29, 0.717) is 6.42 Å². The summed E-state index contributed by atoms with van der Waals surface area (Å²) in [6.45, 7) is 4.01. The van der Waals surface area contributed by atoms with Crippen LogP contribution in [0.4, 0.5) is 11.4 Å². The normalized spacial score (nSPS) is 12.1. The summed E-state index contributed by atoms with van der Waals surface area (Å²) >= 11 is 0. The molecule has 0 bridgehead atoms. The Labute approximate surface area is 113 Å². The lowest BCUT2D eigenvalue weighted by atomic mass is 10.1. The summed E-state index contributed by atoms with van der Waals surface area (Å²) < 4.78 is 0. The number of rotatable bonds is 3. The van der Waals surface area contributed by atoms with Gasteiger partial charge in [-0.2, -0.15) is 5.26 Å². The molecule has 4 heteroatoms. The first-order valence-corrected chi connectivity index (χ1v) is 6.29. The van der Waals surface area contributed by atoms with Gasteiger partial charge >= 0.3 is 0 Å². The van der Waals surface area contributed by atoms with Crippen molar-refractivity contribution in [2.75, 3.05) is 17.7 Å². The van der Waals surface area contributed by atoms with Gasteiger partial charge in [-0.1, -0.05) is 0 Å². The minimum Gasteiger partial charge on any atom is -0.399 e. The number of hydrogen-bond donors (Lipinski definition) is 1. The number of benzene rings is 1. The summed E-state index contributed by atoms with van der Waals surface area (Å²) in [5.41, 5.74) is 9.55. The molecule has 1 atom stereocenters. The number of aromatic nitrogens is 1. The van der Waals surface area contributed by atoms with Crippen LogP contribution in [-0.4, -0.2) is 18.1 Å². The molecule has 1 heterocycles. The predicted octanol–water partition coefficient (Wildman–Crippen LogP) is 2.86. The molecule has 1 aromatic heterocycles. The largest absolute Gasteiger partial charge is 0.399 e. The average molecular weight is 254 g/mol. The second kappa shape index (κ2) is 5.15. The number of aryl methyl sites for hydroxylation is 1. The van der Waals surface area contributed by atoms with Crippen molar-refractivity contribution in [3.63, 3.8) is 0 Å². The standard InChI is InChI=1S/C15H18N4/c1-10-8-15(19(3)11(2)6-7-16)13-9-12(17)4-5-14(13)18-10/h4-5,8-9,11H,6,17H2,1-3H3. The van der Waals surface area contributed by atoms with Crippen molar-refractivity contribution in [3.05, 3.63) is 30.0 Å². The number of nitriles is 1. The molecule has 1 unspecified atom stereocenters. The molecule has 1 aromatic carbocycles. The first kappa shape index (κ1) is 13.2. The molecular weight excluding hydrogens is 236 g/mol. The molecule has 0 saturated heterocycles. The topological polar surface area (TPSA) is 65.9 Å². The first-order valence-electron chi connectivity index (χ1n) is 6.29. The minimum atomic E-state index is 0.149. The van der Waals surface area contributed by atoms with Gasteiger partial charge in [-0.15, -0.1) is 0 Å². The Morgan fingerprint density at radius 3 is 2.84 bits per heavy atom. The van der Waals surface area contributed by atoms with E-state index in [0.717, 1.165) is 28.0 Å². The lowest BCUT2D eigenvalue weighted by molar-refractivity contribution is 0.704. The van der Waals surface area contributed by atoms with Gasteiger partial charge in [0.05, 0.1) is 18.0 Å². The number of hydrogen-bond acceptors (Lipinski definition) is 4. The van der Waals surface area contributed by atoms with E-state index in [4.69, 9.17) is 11.0 Å². The third kappa shape index (κ3) is 2.60. The number of nitrogen functional groups attached to an aromatic ring is 1. The van der Waals surface area contributed by atoms with Crippen LogP contribution in [-0.2, 0) is 0 Å². The number of nitrogens with zero attached hydrogens (tertiary/aromatic N) is 3. The van der Waals surface area contributed by atoms with Gasteiger partial charge in [0.15, 0.2) is 0 Å². The predicted molar refractivity (Wildman–Crippen MR) is 79.0 cm³/mol. The number of fused-ring (bicyclic) bond motifs is 1. The fourth-order valence-corrected chi connectivity index (χ4v) is 2.15. The SMILES string of the molecule is Cc1cc(N(C)C(C)CC#N)c2cc(N)ccc2n1. The third-order valence-electron chi connectivity index (χ3n) is 3.37. The van der Waals surface area contributed by atoms with Gasteiger partial charge in [0.25, 0.3) is 0 Å². The van der Waals surface area contributed by atoms with Crippen molar-refractivity contribution < 1.29 is 0 Å². The van der Waals surface area contributed by atoms with Gasteiger partial charge in [-0.3, -0.25) is 4.98 Å². The Morgan fingerprint density at radius 2 is 2.16 bits per heavy atom. The summed E-state index contributed by atoms with van der Waals surface area (Å²) in [5.74, 6) is 0. The van der Waals surface area contributed by atoms with Crippen molar-refractivity contribution in [1.82, 2.24) is 4.98 Å². The molecule has 98 valence electrons. The fourth-order valence-electron chi connectivity index (χ4n) is 2.15. The van der Waals surface area contributed by atoms with Crippen LogP contribution in [0.5, 0.6) is 0 Å². The Kier molecular flexibility index (Phi) is 3.57. The van der Waals surface area contributed by atoms with Crippen LogP contribution in [0.25, 0.3) is 10.9 Å². The maximum Gasteiger partial charge on any atom is 0.0727 e. The van der Waals surface area contributed by atoms with E-state index in [2.05, 4.69) is 16.0 Å². The molecule has 0 aliphatic carbocycles. The molecule has 0 spiro atoms. The Hall–Kier alpha value is -2.28. The van der Waals surface area contributed by atoms with E-state index >= 15 is 0 Å². The van der Waals surface area contributed by atoms with E-state index in [1.807, 2.05) is 45.2 Å². The summed E-state index contributed by atoms with van der Waals surface area (Å²) in [6, 6.07) is 10.1. The van der Waals surface area contributed by atoms with Crippen molar-refractivity contribution in [1.29, 1.82) is 5.26 Å². The first-order chi connectivity index (χ1) is 9.02. The van der Waals surface area contributed by atoms with Crippen LogP contribution in [0.1, 0.15) is 19.0 Å². The van der Waals surface area contributed by atoms with Gasteiger partial charge in [-0.05, 0) is 38.1 Å². The lowest BCUT2D eigenvalue weighted by Gasteiger charge is -2.27. The van der Waals surface area contributed by atoms with Crippen LogP contribution in [0.2, 0.25) is 0 Å². The fraction of sp³-hybridized carbons (Fsp3) is 0.333. The zero-order valence-electron chi connectivity index (χ0n) is 11.5. The second-order valence-corrected chi connectivity index (χ2v) is 4.88. The van der Waals surface area contributed by atoms with Crippen LogP contribution in [0.3, 0.4) is 0 Å². The lowest BCUT2D eigenvalue weighted by Crippen LogP contribution is -2.28. The highest BCUT2D eigenvalue weighted by Crippen LogP contribution is 2.29. The van der Waals surface area contributed by atoms with E-state index in [9.17, 15) is 0 Å². The van der Waals surface area contributed by atoms with Crippen LogP contribution in [0, 0.1) is 18.3 Å². The molecule has 2 rings (SSSR count). The molecule has 0 fully saturated rings. The van der Waals surface area contributed by atoms with Crippen molar-refractivity contribution >= 4 is 22.3 Å². The highest BCUT2D eigenvalue weighted by atomic mass is 15.1. The number of anilines is 2. The maximum absolute atomic E-state index is 8.84. The Morgan fingerprint density at radius 1 is 1.42 bits per heavy atom.